The predicted octanol–water partition coefficient (Wildman–Crippen LogP) is 5.19. The maximum Gasteiger partial charge on any atom is 0.251 e. The number of unbranched alkanes of at least 4 members (excludes halogenated alkanes) is 1. The summed E-state index contributed by atoms with van der Waals surface area (Å²) in [6.45, 7) is 2.70. The van der Waals surface area contributed by atoms with Crippen LogP contribution in [0, 0.1) is 0 Å². The highest BCUT2D eigenvalue weighted by molar-refractivity contribution is 7.45. The summed E-state index contributed by atoms with van der Waals surface area (Å²) in [5.74, 6) is 0.827. The van der Waals surface area contributed by atoms with Crippen molar-refractivity contribution in [2.24, 2.45) is 0 Å². The molecule has 0 nitrogen and oxygen atoms in total. The van der Waals surface area contributed by atoms with Crippen LogP contribution >= 0.6 is 33.8 Å². The molecule has 0 fully saturated rings. The van der Waals surface area contributed by atoms with Gasteiger partial charge in [-0.25, -0.2) is 0 Å². The lowest BCUT2D eigenvalue weighted by molar-refractivity contribution is 0.868. The zero-order chi connectivity index (χ0) is 11.7. The van der Waals surface area contributed by atoms with Crippen molar-refractivity contribution in [1.29, 1.82) is 0 Å². The van der Waals surface area contributed by atoms with Crippen LogP contribution < -0.4 is 0 Å². The number of halogens is 3. The van der Waals surface area contributed by atoms with E-state index in [9.17, 15) is 0 Å². The van der Waals surface area contributed by atoms with Gasteiger partial charge in [-0.2, -0.15) is 0 Å². The summed E-state index contributed by atoms with van der Waals surface area (Å²) in [5, 5.41) is 0. The average Bonchev–Trinajstić information content (AvgIpc) is 2.15. The van der Waals surface area contributed by atoms with Gasteiger partial charge in [0.25, 0.3) is 6.69 Å². The lowest BCUT2D eigenvalue weighted by Crippen LogP contribution is -2.19. The molecule has 0 amide bonds. The Bertz CT molecular complexity index is 154. The van der Waals surface area contributed by atoms with Gasteiger partial charge in [-0.15, -0.1) is 33.8 Å². The van der Waals surface area contributed by atoms with Crippen LogP contribution in [0.1, 0.15) is 26.2 Å². The molecule has 92 valence electrons. The van der Waals surface area contributed by atoms with Gasteiger partial charge in [0.2, 0.25) is 0 Å². The zero-order valence-corrected chi connectivity index (χ0v) is 14.3. The van der Waals surface area contributed by atoms with E-state index in [0.29, 0.717) is 0 Å². The van der Waals surface area contributed by atoms with Crippen molar-refractivity contribution in [2.75, 3.05) is 5.88 Å². The standard InChI is InChI=1S/C10H23Cl3Si2/c1-3-4-9-15(12,13)10-5-7-14(2)8-6-11/h14H,3-10H2,1-2H3. The minimum Gasteiger partial charge on any atom is -0.146 e. The Morgan fingerprint density at radius 3 is 2.20 bits per heavy atom. The molecule has 0 aliphatic rings. The molecular weight excluding hydrogens is 283 g/mol. The second kappa shape index (κ2) is 9.35. The molecule has 0 aromatic rings. The van der Waals surface area contributed by atoms with Gasteiger partial charge in [0.05, 0.1) is 0 Å². The van der Waals surface area contributed by atoms with Crippen LogP contribution in [0.2, 0.25) is 30.7 Å². The third-order valence-electron chi connectivity index (χ3n) is 2.74. The maximum absolute atomic E-state index is 6.37. The molecule has 1 unspecified atom stereocenters. The van der Waals surface area contributed by atoms with Crippen LogP contribution in [0.5, 0.6) is 0 Å². The van der Waals surface area contributed by atoms with E-state index in [1.54, 1.807) is 0 Å². The summed E-state index contributed by atoms with van der Waals surface area (Å²) < 4.78 is 0. The first kappa shape index (κ1) is 16.3. The molecule has 0 spiro atoms. The first-order valence-corrected chi connectivity index (χ1v) is 13.7. The fourth-order valence-corrected chi connectivity index (χ4v) is 8.13. The molecule has 0 saturated heterocycles. The Kier molecular flexibility index (Phi) is 10.2. The molecule has 15 heavy (non-hydrogen) atoms. The Labute approximate surface area is 112 Å². The van der Waals surface area contributed by atoms with Crippen LogP contribution in [0.4, 0.5) is 0 Å². The summed E-state index contributed by atoms with van der Waals surface area (Å²) in [5.41, 5.74) is 0. The normalized spacial score (nSPS) is 14.2. The van der Waals surface area contributed by atoms with E-state index in [-0.39, 0.29) is 0 Å². The maximum atomic E-state index is 6.37. The van der Waals surface area contributed by atoms with Gasteiger partial charge >= 0.3 is 0 Å². The number of hydrogen-bond acceptors (Lipinski definition) is 0. The van der Waals surface area contributed by atoms with Crippen molar-refractivity contribution in [1.82, 2.24) is 0 Å². The first-order chi connectivity index (χ1) is 7.02. The van der Waals surface area contributed by atoms with E-state index in [1.165, 1.54) is 31.4 Å². The molecule has 0 aliphatic heterocycles. The van der Waals surface area contributed by atoms with Gasteiger partial charge in [0.1, 0.15) is 0 Å². The Morgan fingerprint density at radius 2 is 1.67 bits per heavy atom. The van der Waals surface area contributed by atoms with Crippen LogP contribution in [-0.2, 0) is 0 Å². The van der Waals surface area contributed by atoms with Crippen LogP contribution in [0.25, 0.3) is 0 Å². The molecular formula is C10H23Cl3Si2. The second-order valence-corrected chi connectivity index (χ2v) is 15.8. The molecule has 0 aromatic carbocycles. The molecule has 5 heteroatoms. The van der Waals surface area contributed by atoms with Gasteiger partial charge in [-0.05, 0) is 18.1 Å². The third-order valence-corrected chi connectivity index (χ3v) is 10.4. The molecule has 0 bridgehead atoms. The van der Waals surface area contributed by atoms with E-state index < -0.39 is 15.5 Å². The Morgan fingerprint density at radius 1 is 1.07 bits per heavy atom. The predicted molar refractivity (Wildman–Crippen MR) is 79.9 cm³/mol. The van der Waals surface area contributed by atoms with Crippen molar-refractivity contribution in [3.63, 3.8) is 0 Å². The molecule has 0 saturated carbocycles. The minimum absolute atomic E-state index is 0.546. The quantitative estimate of drug-likeness (QED) is 0.312. The van der Waals surface area contributed by atoms with Crippen molar-refractivity contribution < 1.29 is 0 Å². The van der Waals surface area contributed by atoms with Crippen molar-refractivity contribution >= 4 is 49.2 Å². The highest BCUT2D eigenvalue weighted by Crippen LogP contribution is 2.30. The first-order valence-electron chi connectivity index (χ1n) is 5.95. The van der Waals surface area contributed by atoms with Gasteiger partial charge in [-0.1, -0.05) is 38.8 Å². The summed E-state index contributed by atoms with van der Waals surface area (Å²) in [6, 6.07) is 4.75. The topological polar surface area (TPSA) is 0 Å². The molecule has 0 rings (SSSR count). The van der Waals surface area contributed by atoms with Crippen molar-refractivity contribution in [2.45, 2.75) is 56.9 Å². The summed E-state index contributed by atoms with van der Waals surface area (Å²) in [4.78, 5) is 0. The van der Waals surface area contributed by atoms with E-state index in [4.69, 9.17) is 33.8 Å². The molecule has 0 radical (unpaired) electrons. The fourth-order valence-electron chi connectivity index (χ4n) is 1.60. The number of rotatable bonds is 9. The summed E-state index contributed by atoms with van der Waals surface area (Å²) >= 11 is 18.5. The highest BCUT2D eigenvalue weighted by atomic mass is 35.7. The van der Waals surface area contributed by atoms with E-state index >= 15 is 0 Å². The van der Waals surface area contributed by atoms with E-state index in [0.717, 1.165) is 18.0 Å². The fraction of sp³-hybridized carbons (Fsp3) is 1.00. The minimum atomic E-state index is -1.88. The second-order valence-electron chi connectivity index (χ2n) is 4.43. The molecule has 0 heterocycles. The molecule has 0 aliphatic carbocycles. The van der Waals surface area contributed by atoms with Crippen molar-refractivity contribution in [3.8, 4) is 0 Å². The van der Waals surface area contributed by atoms with Crippen LogP contribution in [0.3, 0.4) is 0 Å². The van der Waals surface area contributed by atoms with Gasteiger partial charge < -0.3 is 0 Å². The lowest BCUT2D eigenvalue weighted by Gasteiger charge is -2.16. The monoisotopic (exact) mass is 304 g/mol. The average molecular weight is 306 g/mol. The van der Waals surface area contributed by atoms with E-state index in [2.05, 4.69) is 13.5 Å². The number of hydrogen-bond donors (Lipinski definition) is 0. The molecule has 0 N–H and O–H groups in total. The number of alkyl halides is 1. The SMILES string of the molecule is CCCC[Si](Cl)(Cl)CCC[SiH](C)CCCl. The molecule has 1 atom stereocenters. The van der Waals surface area contributed by atoms with Crippen LogP contribution in [0.15, 0.2) is 0 Å². The zero-order valence-electron chi connectivity index (χ0n) is 9.87. The van der Waals surface area contributed by atoms with Gasteiger partial charge in [0.15, 0.2) is 0 Å². The summed E-state index contributed by atoms with van der Waals surface area (Å²) in [7, 11) is -0.546. The highest BCUT2D eigenvalue weighted by Gasteiger charge is 2.26. The van der Waals surface area contributed by atoms with Crippen LogP contribution in [-0.4, -0.2) is 21.4 Å². The largest absolute Gasteiger partial charge is 0.251 e. The smallest absolute Gasteiger partial charge is 0.146 e. The van der Waals surface area contributed by atoms with Gasteiger partial charge in [0, 0.05) is 14.7 Å². The molecule has 0 aromatic heterocycles. The van der Waals surface area contributed by atoms with Gasteiger partial charge in [-0.3, -0.25) is 0 Å². The third kappa shape index (κ3) is 10.2. The Balaban J connectivity index is 3.55. The summed E-state index contributed by atoms with van der Waals surface area (Å²) in [6.07, 6.45) is 3.62. The van der Waals surface area contributed by atoms with E-state index in [1.807, 2.05) is 0 Å². The Hall–Kier alpha value is 1.30. The lowest BCUT2D eigenvalue weighted by atomic mass is 10.4. The van der Waals surface area contributed by atoms with Crippen molar-refractivity contribution in [3.05, 3.63) is 0 Å².